The summed E-state index contributed by atoms with van der Waals surface area (Å²) in [6.45, 7) is 0.449. The van der Waals surface area contributed by atoms with Gasteiger partial charge in [0.1, 0.15) is 5.75 Å². The maximum atomic E-state index is 11.6. The number of carbonyl (C=O) groups excluding carboxylic acids is 1. The summed E-state index contributed by atoms with van der Waals surface area (Å²) >= 11 is 5.97. The van der Waals surface area contributed by atoms with E-state index in [2.05, 4.69) is 5.32 Å². The largest absolute Gasteiger partial charge is 0.496 e. The number of halogens is 1. The summed E-state index contributed by atoms with van der Waals surface area (Å²) in [6.07, 6.45) is 0. The second-order valence-corrected chi connectivity index (χ2v) is 3.54. The molecule has 0 saturated heterocycles. The molecule has 0 atom stereocenters. The second kappa shape index (κ2) is 3.62. The Morgan fingerprint density at radius 3 is 2.73 bits per heavy atom. The van der Waals surface area contributed by atoms with Crippen LogP contribution in [0.4, 0.5) is 0 Å². The zero-order chi connectivity index (χ0) is 11.0. The van der Waals surface area contributed by atoms with Crippen LogP contribution in [-0.4, -0.2) is 20.1 Å². The Hall–Kier alpha value is -1.42. The number of benzene rings is 1. The van der Waals surface area contributed by atoms with E-state index in [4.69, 9.17) is 21.1 Å². The molecule has 1 N–H and O–H groups in total. The van der Waals surface area contributed by atoms with Gasteiger partial charge in [0.15, 0.2) is 5.75 Å². The molecule has 0 spiro atoms. The van der Waals surface area contributed by atoms with Gasteiger partial charge in [-0.15, -0.1) is 0 Å². The standard InChI is InChI=1S/C10H10ClNO3/c1-14-7-3-6(11)9(15-2)8-5(7)4-12-10(8)13/h3H,4H2,1-2H3,(H,12,13). The van der Waals surface area contributed by atoms with Crippen molar-refractivity contribution in [1.29, 1.82) is 0 Å². The molecule has 0 saturated carbocycles. The summed E-state index contributed by atoms with van der Waals surface area (Å²) in [4.78, 5) is 11.6. The molecular weight excluding hydrogens is 218 g/mol. The number of ether oxygens (including phenoxy) is 2. The summed E-state index contributed by atoms with van der Waals surface area (Å²) in [5, 5.41) is 3.08. The molecule has 0 bridgehead atoms. The number of rotatable bonds is 2. The number of hydrogen-bond acceptors (Lipinski definition) is 3. The molecule has 2 rings (SSSR count). The molecule has 0 fully saturated rings. The third-order valence-electron chi connectivity index (χ3n) is 2.38. The first-order valence-electron chi connectivity index (χ1n) is 4.40. The predicted octanol–water partition coefficient (Wildman–Crippen LogP) is 1.60. The Balaban J connectivity index is 2.71. The van der Waals surface area contributed by atoms with Crippen molar-refractivity contribution in [1.82, 2.24) is 5.32 Å². The number of fused-ring (bicyclic) bond motifs is 1. The van der Waals surface area contributed by atoms with E-state index in [-0.39, 0.29) is 5.91 Å². The third-order valence-corrected chi connectivity index (χ3v) is 2.66. The zero-order valence-corrected chi connectivity index (χ0v) is 9.14. The highest BCUT2D eigenvalue weighted by Crippen LogP contribution is 2.39. The van der Waals surface area contributed by atoms with Gasteiger partial charge < -0.3 is 14.8 Å². The van der Waals surface area contributed by atoms with Gasteiger partial charge in [-0.3, -0.25) is 4.79 Å². The van der Waals surface area contributed by atoms with Gasteiger partial charge in [-0.1, -0.05) is 11.6 Å². The summed E-state index contributed by atoms with van der Waals surface area (Å²) in [7, 11) is 3.03. The summed E-state index contributed by atoms with van der Waals surface area (Å²) < 4.78 is 10.3. The SMILES string of the molecule is COc1cc(Cl)c(OC)c2c1CNC2=O. The van der Waals surface area contributed by atoms with Crippen molar-refractivity contribution in [2.24, 2.45) is 0 Å². The fourth-order valence-corrected chi connectivity index (χ4v) is 1.97. The van der Waals surface area contributed by atoms with E-state index in [0.29, 0.717) is 28.6 Å². The molecule has 0 aromatic heterocycles. The minimum Gasteiger partial charge on any atom is -0.496 e. The van der Waals surface area contributed by atoms with Gasteiger partial charge >= 0.3 is 0 Å². The molecule has 1 aliphatic heterocycles. The van der Waals surface area contributed by atoms with Gasteiger partial charge in [0.2, 0.25) is 0 Å². The lowest BCUT2D eigenvalue weighted by Crippen LogP contribution is -2.13. The van der Waals surface area contributed by atoms with Crippen molar-refractivity contribution >= 4 is 17.5 Å². The number of methoxy groups -OCH3 is 2. The predicted molar refractivity (Wildman–Crippen MR) is 55.7 cm³/mol. The van der Waals surface area contributed by atoms with E-state index in [9.17, 15) is 4.79 Å². The quantitative estimate of drug-likeness (QED) is 0.835. The maximum absolute atomic E-state index is 11.6. The molecule has 0 unspecified atom stereocenters. The van der Waals surface area contributed by atoms with Crippen molar-refractivity contribution < 1.29 is 14.3 Å². The Morgan fingerprint density at radius 2 is 2.13 bits per heavy atom. The van der Waals surface area contributed by atoms with Crippen LogP contribution in [0.15, 0.2) is 6.07 Å². The number of carbonyl (C=O) groups is 1. The molecule has 1 aromatic carbocycles. The van der Waals surface area contributed by atoms with Crippen molar-refractivity contribution in [3.63, 3.8) is 0 Å². The van der Waals surface area contributed by atoms with Crippen LogP contribution in [0, 0.1) is 0 Å². The van der Waals surface area contributed by atoms with Gasteiger partial charge in [-0.2, -0.15) is 0 Å². The smallest absolute Gasteiger partial charge is 0.255 e. The fourth-order valence-electron chi connectivity index (χ4n) is 1.70. The van der Waals surface area contributed by atoms with Crippen LogP contribution in [0.1, 0.15) is 15.9 Å². The molecule has 1 heterocycles. The minimum absolute atomic E-state index is 0.178. The molecule has 0 aliphatic carbocycles. The molecule has 0 radical (unpaired) electrons. The highest BCUT2D eigenvalue weighted by atomic mass is 35.5. The first kappa shape index (κ1) is 10.1. The van der Waals surface area contributed by atoms with E-state index < -0.39 is 0 Å². The van der Waals surface area contributed by atoms with E-state index >= 15 is 0 Å². The Morgan fingerprint density at radius 1 is 1.40 bits per heavy atom. The van der Waals surface area contributed by atoms with Crippen molar-refractivity contribution in [2.75, 3.05) is 14.2 Å². The molecular formula is C10H10ClNO3. The lowest BCUT2D eigenvalue weighted by molar-refractivity contribution is 0.0963. The van der Waals surface area contributed by atoms with E-state index in [1.807, 2.05) is 0 Å². The van der Waals surface area contributed by atoms with Gasteiger partial charge in [-0.25, -0.2) is 0 Å². The first-order valence-corrected chi connectivity index (χ1v) is 4.78. The normalized spacial score (nSPS) is 13.4. The average Bonchev–Trinajstić information content (AvgIpc) is 2.60. The Bertz CT molecular complexity index is 431. The third kappa shape index (κ3) is 1.41. The van der Waals surface area contributed by atoms with Gasteiger partial charge in [0, 0.05) is 18.2 Å². The molecule has 80 valence electrons. The highest BCUT2D eigenvalue weighted by Gasteiger charge is 2.28. The van der Waals surface area contributed by atoms with Crippen LogP contribution >= 0.6 is 11.6 Å². The van der Waals surface area contributed by atoms with Crippen LogP contribution in [-0.2, 0) is 6.54 Å². The lowest BCUT2D eigenvalue weighted by atomic mass is 10.1. The molecule has 1 aromatic rings. The van der Waals surface area contributed by atoms with Crippen LogP contribution in [0.5, 0.6) is 11.5 Å². The van der Waals surface area contributed by atoms with Crippen molar-refractivity contribution in [3.05, 3.63) is 22.2 Å². The van der Waals surface area contributed by atoms with Gasteiger partial charge in [0.05, 0.1) is 24.8 Å². The van der Waals surface area contributed by atoms with Gasteiger partial charge in [0.25, 0.3) is 5.91 Å². The van der Waals surface area contributed by atoms with E-state index in [0.717, 1.165) is 5.56 Å². The maximum Gasteiger partial charge on any atom is 0.255 e. The van der Waals surface area contributed by atoms with Crippen LogP contribution in [0.2, 0.25) is 5.02 Å². The Kier molecular flexibility index (Phi) is 2.44. The van der Waals surface area contributed by atoms with Crippen molar-refractivity contribution in [3.8, 4) is 11.5 Å². The molecule has 4 nitrogen and oxygen atoms in total. The number of nitrogens with one attached hydrogen (secondary N) is 1. The van der Waals surface area contributed by atoms with Crippen molar-refractivity contribution in [2.45, 2.75) is 6.54 Å². The topological polar surface area (TPSA) is 47.6 Å². The Labute approximate surface area is 92.1 Å². The number of hydrogen-bond donors (Lipinski definition) is 1. The second-order valence-electron chi connectivity index (χ2n) is 3.13. The summed E-state index contributed by atoms with van der Waals surface area (Å²) in [5.41, 5.74) is 1.27. The van der Waals surface area contributed by atoms with E-state index in [1.54, 1.807) is 13.2 Å². The minimum atomic E-state index is -0.178. The monoisotopic (exact) mass is 227 g/mol. The molecule has 1 amide bonds. The molecule has 15 heavy (non-hydrogen) atoms. The van der Waals surface area contributed by atoms with E-state index in [1.165, 1.54) is 7.11 Å². The van der Waals surface area contributed by atoms with Crippen LogP contribution < -0.4 is 14.8 Å². The van der Waals surface area contributed by atoms with Crippen LogP contribution in [0.3, 0.4) is 0 Å². The molecule has 1 aliphatic rings. The van der Waals surface area contributed by atoms with Gasteiger partial charge in [-0.05, 0) is 0 Å². The highest BCUT2D eigenvalue weighted by molar-refractivity contribution is 6.33. The molecule has 5 heteroatoms. The average molecular weight is 228 g/mol. The summed E-state index contributed by atoms with van der Waals surface area (Å²) in [5.74, 6) is 0.833. The van der Waals surface area contributed by atoms with Crippen LogP contribution in [0.25, 0.3) is 0 Å². The zero-order valence-electron chi connectivity index (χ0n) is 8.39. The first-order chi connectivity index (χ1) is 7.19. The fraction of sp³-hybridized carbons (Fsp3) is 0.300. The lowest BCUT2D eigenvalue weighted by Gasteiger charge is -2.11. The summed E-state index contributed by atoms with van der Waals surface area (Å²) in [6, 6.07) is 1.65. The number of amides is 1.